The molecule has 0 aromatic carbocycles. The minimum Gasteiger partial charge on any atom is -0.370 e. The highest BCUT2D eigenvalue weighted by Crippen LogP contribution is 2.21. The fourth-order valence-corrected chi connectivity index (χ4v) is 7.72. The maximum absolute atomic E-state index is 14.2. The average Bonchev–Trinajstić information content (AvgIpc) is 3.79. The van der Waals surface area contributed by atoms with E-state index in [0.29, 0.717) is 51.6 Å². The van der Waals surface area contributed by atoms with Crippen molar-refractivity contribution in [3.8, 4) is 0 Å². The summed E-state index contributed by atoms with van der Waals surface area (Å²) in [5.74, 6) is -6.67. The average molecular weight is 992 g/mol. The second-order valence-electron chi connectivity index (χ2n) is 18.8. The minimum atomic E-state index is -1.14. The Bertz CT molecular complexity index is 1810. The first-order chi connectivity index (χ1) is 32.9. The summed E-state index contributed by atoms with van der Waals surface area (Å²) in [4.78, 5) is 140. The van der Waals surface area contributed by atoms with Gasteiger partial charge in [0.1, 0.15) is 42.3 Å². The van der Waals surface area contributed by atoms with Crippen LogP contribution in [0.15, 0.2) is 4.99 Å². The Morgan fingerprint density at radius 1 is 0.671 bits per heavy atom. The summed E-state index contributed by atoms with van der Waals surface area (Å²) in [6.45, 7) is 17.6. The van der Waals surface area contributed by atoms with Crippen molar-refractivity contribution >= 4 is 65.0 Å². The number of hydrogen-bond donors (Lipinski definition) is 10. The Hall–Kier alpha value is -6.03. The van der Waals surface area contributed by atoms with Gasteiger partial charge < -0.3 is 63.8 Å². The number of nitrogens with two attached hydrogens (primary N) is 2. The van der Waals surface area contributed by atoms with Crippen molar-refractivity contribution in [1.82, 2.24) is 52.3 Å². The number of carbonyl (C=O) groups excluding carboxylic acids is 10. The zero-order chi connectivity index (χ0) is 53.2. The Labute approximate surface area is 414 Å². The maximum Gasteiger partial charge on any atom is 0.245 e. The number of guanidine groups is 1. The number of hydrogen-bond acceptors (Lipinski definition) is 11. The highest BCUT2D eigenvalue weighted by atomic mass is 16.2. The molecule has 70 heavy (non-hydrogen) atoms. The standard InChI is InChI=1S/C47H85N13O10/c1-12-18-31(54-42(66)34(24-27(5)6)56-44(68)38(28(7)8)57-36(62)25-52-37(63)26-59(11)30(10)61)40(64)53-32(19-13-2)41(65)58-39(29(9)14-3)45(69)55-33(20-16-22-51-47(48)49)46(70)60-23-17-21-35(60)43(67)50-15-4/h27-29,31-35,38-39H,12-26H2,1-11H3,(H,50,67)(H,52,63)(H,53,64)(H,54,66)(H,55,69)(H,56,68)(H,57,62)(H,58,65)(H4,48,49,51)/t29-,31-,32-,33-,34+,35-,38-,39-/m0/s1. The van der Waals surface area contributed by atoms with E-state index in [2.05, 4.69) is 47.5 Å². The lowest BCUT2D eigenvalue weighted by molar-refractivity contribution is -0.142. The molecule has 1 rings (SSSR count). The summed E-state index contributed by atoms with van der Waals surface area (Å²) < 4.78 is 0. The Kier molecular flexibility index (Phi) is 28.3. The lowest BCUT2D eigenvalue weighted by Gasteiger charge is -2.31. The second-order valence-corrected chi connectivity index (χ2v) is 18.8. The van der Waals surface area contributed by atoms with Crippen LogP contribution in [0.2, 0.25) is 0 Å². The first kappa shape index (κ1) is 62.0. The van der Waals surface area contributed by atoms with E-state index in [9.17, 15) is 47.9 Å². The highest BCUT2D eigenvalue weighted by molar-refractivity contribution is 5.98. The third kappa shape index (κ3) is 21.7. The monoisotopic (exact) mass is 992 g/mol. The molecule has 8 atom stereocenters. The van der Waals surface area contributed by atoms with E-state index in [1.165, 1.54) is 23.8 Å². The van der Waals surface area contributed by atoms with E-state index in [1.807, 2.05) is 34.6 Å². The van der Waals surface area contributed by atoms with Crippen molar-refractivity contribution in [1.29, 1.82) is 0 Å². The molecular formula is C47H85N13O10. The molecule has 10 amide bonds. The number of likely N-dealkylation sites (N-methyl/N-ethyl adjacent to an activating group) is 2. The van der Waals surface area contributed by atoms with Gasteiger partial charge in [-0.3, -0.25) is 52.9 Å². The van der Waals surface area contributed by atoms with Gasteiger partial charge in [-0.2, -0.15) is 0 Å². The van der Waals surface area contributed by atoms with Gasteiger partial charge in [0.15, 0.2) is 5.96 Å². The molecule has 0 aromatic heterocycles. The van der Waals surface area contributed by atoms with Gasteiger partial charge in [-0.15, -0.1) is 0 Å². The molecule has 0 saturated carbocycles. The van der Waals surface area contributed by atoms with Crippen LogP contribution >= 0.6 is 0 Å². The number of nitrogens with zero attached hydrogens (tertiary/aromatic N) is 3. The number of nitrogens with one attached hydrogen (secondary N) is 8. The molecule has 1 heterocycles. The summed E-state index contributed by atoms with van der Waals surface area (Å²) in [7, 11) is 1.44. The van der Waals surface area contributed by atoms with E-state index >= 15 is 0 Å². The van der Waals surface area contributed by atoms with Gasteiger partial charge in [-0.05, 0) is 69.6 Å². The fraction of sp³-hybridized carbons (Fsp3) is 0.766. The van der Waals surface area contributed by atoms with Gasteiger partial charge in [0, 0.05) is 33.6 Å². The van der Waals surface area contributed by atoms with Gasteiger partial charge in [0.25, 0.3) is 0 Å². The van der Waals surface area contributed by atoms with E-state index in [-0.39, 0.29) is 62.5 Å². The molecule has 398 valence electrons. The van der Waals surface area contributed by atoms with Crippen LogP contribution in [0, 0.1) is 17.8 Å². The number of amides is 10. The quantitative estimate of drug-likeness (QED) is 0.0228. The Balaban J connectivity index is 3.29. The summed E-state index contributed by atoms with van der Waals surface area (Å²) >= 11 is 0. The SMILES string of the molecule is CCC[C@H](NC(=O)[C@H](CCC)NC(=O)[C@@H](CC(C)C)NC(=O)[C@@H](NC(=O)CNC(=O)CN(C)C(C)=O)C(C)C)C(=O)N[C@H](C(=O)N[C@@H](CCCN=C(N)N)C(=O)N1CCC[C@H]1C(=O)NCC)[C@@H](C)CC. The molecule has 0 spiro atoms. The van der Waals surface area contributed by atoms with Crippen LogP contribution in [0.4, 0.5) is 0 Å². The molecule has 0 radical (unpaired) electrons. The topological polar surface area (TPSA) is 338 Å². The third-order valence-electron chi connectivity index (χ3n) is 11.9. The van der Waals surface area contributed by atoms with Crippen molar-refractivity contribution in [2.75, 3.05) is 39.8 Å². The highest BCUT2D eigenvalue weighted by Gasteiger charge is 2.39. The van der Waals surface area contributed by atoms with Crippen LogP contribution in [-0.4, -0.2) is 157 Å². The number of carbonyl (C=O) groups is 10. The summed E-state index contributed by atoms with van der Waals surface area (Å²) in [6, 6.07) is -7.40. The molecule has 23 nitrogen and oxygen atoms in total. The van der Waals surface area contributed by atoms with Crippen LogP contribution in [0.5, 0.6) is 0 Å². The Morgan fingerprint density at radius 2 is 1.21 bits per heavy atom. The molecular weight excluding hydrogens is 907 g/mol. The molecule has 0 unspecified atom stereocenters. The molecule has 1 fully saturated rings. The predicted octanol–water partition coefficient (Wildman–Crippen LogP) is -0.981. The van der Waals surface area contributed by atoms with Crippen LogP contribution in [0.1, 0.15) is 133 Å². The van der Waals surface area contributed by atoms with Gasteiger partial charge in [-0.25, -0.2) is 0 Å². The van der Waals surface area contributed by atoms with Crippen LogP contribution < -0.4 is 54.0 Å². The fourth-order valence-electron chi connectivity index (χ4n) is 7.72. The normalized spacial score (nSPS) is 16.2. The van der Waals surface area contributed by atoms with Crippen LogP contribution in [0.25, 0.3) is 0 Å². The molecule has 1 saturated heterocycles. The van der Waals surface area contributed by atoms with Crippen molar-refractivity contribution in [3.05, 3.63) is 0 Å². The van der Waals surface area contributed by atoms with Crippen LogP contribution in [0.3, 0.4) is 0 Å². The van der Waals surface area contributed by atoms with Gasteiger partial charge >= 0.3 is 0 Å². The van der Waals surface area contributed by atoms with Gasteiger partial charge in [-0.1, -0.05) is 74.7 Å². The summed E-state index contributed by atoms with van der Waals surface area (Å²) in [6.07, 6.45) is 3.42. The molecule has 0 aromatic rings. The largest absolute Gasteiger partial charge is 0.370 e. The lowest BCUT2D eigenvalue weighted by atomic mass is 9.96. The van der Waals surface area contributed by atoms with Gasteiger partial charge in [0.05, 0.1) is 13.1 Å². The van der Waals surface area contributed by atoms with E-state index in [1.54, 1.807) is 27.7 Å². The number of rotatable bonds is 31. The van der Waals surface area contributed by atoms with Crippen molar-refractivity contribution in [2.24, 2.45) is 34.2 Å². The van der Waals surface area contributed by atoms with E-state index in [4.69, 9.17) is 11.5 Å². The molecule has 0 bridgehead atoms. The first-order valence-corrected chi connectivity index (χ1v) is 24.9. The summed E-state index contributed by atoms with van der Waals surface area (Å²) in [5.41, 5.74) is 11.0. The minimum absolute atomic E-state index is 0.0965. The first-order valence-electron chi connectivity index (χ1n) is 24.9. The Morgan fingerprint density at radius 3 is 1.73 bits per heavy atom. The maximum atomic E-state index is 14.2. The van der Waals surface area contributed by atoms with Crippen molar-refractivity contribution in [2.45, 2.75) is 176 Å². The lowest BCUT2D eigenvalue weighted by Crippen LogP contribution is -2.61. The smallest absolute Gasteiger partial charge is 0.245 e. The van der Waals surface area contributed by atoms with E-state index in [0.717, 1.165) is 0 Å². The second kappa shape index (κ2) is 32.0. The zero-order valence-corrected chi connectivity index (χ0v) is 43.5. The zero-order valence-electron chi connectivity index (χ0n) is 43.5. The summed E-state index contributed by atoms with van der Waals surface area (Å²) in [5, 5.41) is 21.7. The van der Waals surface area contributed by atoms with Crippen molar-refractivity contribution < 1.29 is 47.9 Å². The number of aliphatic imine (C=N–C) groups is 1. The van der Waals surface area contributed by atoms with Crippen molar-refractivity contribution in [3.63, 3.8) is 0 Å². The van der Waals surface area contributed by atoms with Crippen LogP contribution in [-0.2, 0) is 47.9 Å². The number of likely N-dealkylation sites (tertiary alicyclic amines) is 1. The molecule has 0 aliphatic carbocycles. The van der Waals surface area contributed by atoms with Gasteiger partial charge in [0.2, 0.25) is 59.1 Å². The molecule has 1 aliphatic rings. The van der Waals surface area contributed by atoms with E-state index < -0.39 is 108 Å². The molecule has 23 heteroatoms. The predicted molar refractivity (Wildman–Crippen MR) is 265 cm³/mol. The molecule has 12 N–H and O–H groups in total. The third-order valence-corrected chi connectivity index (χ3v) is 11.9. The molecule has 1 aliphatic heterocycles.